The zero-order valence-corrected chi connectivity index (χ0v) is 17.2. The van der Waals surface area contributed by atoms with Crippen molar-refractivity contribution in [2.45, 2.75) is 26.2 Å². The number of anilines is 1. The molecular weight excluding hydrogens is 360 g/mol. The molecule has 1 N–H and O–H groups in total. The fourth-order valence-corrected chi connectivity index (χ4v) is 3.39. The van der Waals surface area contributed by atoms with Gasteiger partial charge in [0.25, 0.3) is 0 Å². The van der Waals surface area contributed by atoms with E-state index in [9.17, 15) is 4.79 Å². The van der Waals surface area contributed by atoms with Gasteiger partial charge in [0, 0.05) is 25.8 Å². The lowest BCUT2D eigenvalue weighted by atomic mass is 9.99. The molecular formula is C22H29ClN2O2. The van der Waals surface area contributed by atoms with Crippen molar-refractivity contribution in [3.8, 4) is 11.1 Å². The second-order valence-corrected chi connectivity index (χ2v) is 6.87. The number of nitrogens with zero attached hydrogens (tertiary/aromatic N) is 1. The van der Waals surface area contributed by atoms with Crippen molar-refractivity contribution >= 4 is 23.2 Å². The Labute approximate surface area is 167 Å². The van der Waals surface area contributed by atoms with E-state index < -0.39 is 0 Å². The molecule has 2 rings (SSSR count). The normalized spacial score (nSPS) is 10.8. The lowest BCUT2D eigenvalue weighted by Gasteiger charge is -2.26. The molecule has 0 saturated carbocycles. The average Bonchev–Trinajstić information content (AvgIpc) is 2.68. The molecule has 0 spiro atoms. The third kappa shape index (κ3) is 5.80. The standard InChI is InChI=1S/C22H29ClN2O2/c1-4-17-9-7-10-18(15-17)22-19(23)11-8-12-20(22)25(21(26)16-24-2)13-5-6-14-27-3/h7-12,15,24H,4-6,13-14,16H2,1-3H3. The number of amides is 1. The van der Waals surface area contributed by atoms with E-state index in [0.29, 0.717) is 18.2 Å². The molecule has 0 aromatic heterocycles. The van der Waals surface area contributed by atoms with Crippen LogP contribution >= 0.6 is 11.6 Å². The number of halogens is 1. The molecule has 0 aliphatic carbocycles. The van der Waals surface area contributed by atoms with Gasteiger partial charge in [0.15, 0.2) is 0 Å². The number of unbranched alkanes of at least 4 members (excludes halogenated alkanes) is 1. The molecule has 0 unspecified atom stereocenters. The minimum Gasteiger partial charge on any atom is -0.385 e. The second-order valence-electron chi connectivity index (χ2n) is 6.46. The van der Waals surface area contributed by atoms with Crippen molar-refractivity contribution in [1.82, 2.24) is 5.32 Å². The molecule has 146 valence electrons. The van der Waals surface area contributed by atoms with Gasteiger partial charge in [-0.25, -0.2) is 0 Å². The molecule has 2 aromatic carbocycles. The zero-order valence-electron chi connectivity index (χ0n) is 16.4. The van der Waals surface area contributed by atoms with Crippen molar-refractivity contribution in [1.29, 1.82) is 0 Å². The summed E-state index contributed by atoms with van der Waals surface area (Å²) in [7, 11) is 3.48. The Bertz CT molecular complexity index is 749. The van der Waals surface area contributed by atoms with Crippen LogP contribution in [0.1, 0.15) is 25.3 Å². The third-order valence-electron chi connectivity index (χ3n) is 4.52. The van der Waals surface area contributed by atoms with Crippen LogP contribution in [0.5, 0.6) is 0 Å². The Morgan fingerprint density at radius 1 is 1.19 bits per heavy atom. The molecule has 0 atom stereocenters. The molecule has 1 amide bonds. The molecule has 27 heavy (non-hydrogen) atoms. The van der Waals surface area contributed by atoms with Gasteiger partial charge in [-0.05, 0) is 49.6 Å². The molecule has 0 heterocycles. The highest BCUT2D eigenvalue weighted by Crippen LogP contribution is 2.37. The Morgan fingerprint density at radius 2 is 1.96 bits per heavy atom. The first-order valence-corrected chi connectivity index (χ1v) is 9.81. The molecule has 2 aromatic rings. The lowest BCUT2D eigenvalue weighted by Crippen LogP contribution is -2.38. The van der Waals surface area contributed by atoms with Gasteiger partial charge in [-0.1, -0.05) is 48.9 Å². The van der Waals surface area contributed by atoms with Crippen LogP contribution in [0.4, 0.5) is 5.69 Å². The van der Waals surface area contributed by atoms with Crippen molar-refractivity contribution in [3.05, 3.63) is 53.1 Å². The van der Waals surface area contributed by atoms with Crippen LogP contribution in [0.25, 0.3) is 11.1 Å². The number of carbonyl (C=O) groups excluding carboxylic acids is 1. The summed E-state index contributed by atoms with van der Waals surface area (Å²) in [5.41, 5.74) is 4.04. The molecule has 0 aliphatic rings. The summed E-state index contributed by atoms with van der Waals surface area (Å²) in [6.45, 7) is 3.73. The maximum Gasteiger partial charge on any atom is 0.240 e. The number of likely N-dealkylation sites (N-methyl/N-ethyl adjacent to an activating group) is 1. The highest BCUT2D eigenvalue weighted by atomic mass is 35.5. The van der Waals surface area contributed by atoms with Gasteiger partial charge in [-0.3, -0.25) is 4.79 Å². The minimum absolute atomic E-state index is 0.0325. The van der Waals surface area contributed by atoms with Crippen molar-refractivity contribution < 1.29 is 9.53 Å². The number of rotatable bonds is 10. The van der Waals surface area contributed by atoms with E-state index in [1.807, 2.05) is 29.2 Å². The number of methoxy groups -OCH3 is 1. The highest BCUT2D eigenvalue weighted by molar-refractivity contribution is 6.34. The Hall–Kier alpha value is -1.88. The molecule has 0 aliphatic heterocycles. The molecule has 0 fully saturated rings. The van der Waals surface area contributed by atoms with Crippen LogP contribution in [0, 0.1) is 0 Å². The summed E-state index contributed by atoms with van der Waals surface area (Å²) in [6.07, 6.45) is 2.72. The molecule has 5 heteroatoms. The van der Waals surface area contributed by atoms with E-state index >= 15 is 0 Å². The van der Waals surface area contributed by atoms with Crippen LogP contribution in [-0.4, -0.2) is 39.8 Å². The first kappa shape index (κ1) is 21.4. The monoisotopic (exact) mass is 388 g/mol. The molecule has 0 bridgehead atoms. The van der Waals surface area contributed by atoms with Gasteiger partial charge in [-0.2, -0.15) is 0 Å². The fourth-order valence-electron chi connectivity index (χ4n) is 3.11. The number of benzene rings is 2. The number of nitrogens with one attached hydrogen (secondary N) is 1. The van der Waals surface area contributed by atoms with Crippen LogP contribution in [0.3, 0.4) is 0 Å². The number of hydrogen-bond acceptors (Lipinski definition) is 3. The van der Waals surface area contributed by atoms with E-state index in [4.69, 9.17) is 16.3 Å². The Kier molecular flexibility index (Phi) is 8.79. The predicted octanol–water partition coefficient (Wildman–Crippen LogP) is 4.55. The minimum atomic E-state index is 0.0325. The summed E-state index contributed by atoms with van der Waals surface area (Å²) < 4.78 is 5.14. The van der Waals surface area contributed by atoms with E-state index in [0.717, 1.165) is 36.1 Å². The average molecular weight is 389 g/mol. The maximum atomic E-state index is 12.8. The first-order valence-electron chi connectivity index (χ1n) is 9.44. The smallest absolute Gasteiger partial charge is 0.240 e. The number of aryl methyl sites for hydroxylation is 1. The van der Waals surface area contributed by atoms with Crippen molar-refractivity contribution in [2.75, 3.05) is 38.8 Å². The fraction of sp³-hybridized carbons (Fsp3) is 0.409. The number of hydrogen-bond donors (Lipinski definition) is 1. The van der Waals surface area contributed by atoms with Gasteiger partial charge in [0.05, 0.1) is 17.3 Å². The van der Waals surface area contributed by atoms with Gasteiger partial charge >= 0.3 is 0 Å². The van der Waals surface area contributed by atoms with E-state index in [2.05, 4.69) is 30.4 Å². The zero-order chi connectivity index (χ0) is 19.6. The summed E-state index contributed by atoms with van der Waals surface area (Å²) in [6, 6.07) is 14.1. The Balaban J connectivity index is 2.45. The lowest BCUT2D eigenvalue weighted by molar-refractivity contribution is -0.117. The Morgan fingerprint density at radius 3 is 2.67 bits per heavy atom. The van der Waals surface area contributed by atoms with Crippen molar-refractivity contribution in [2.24, 2.45) is 0 Å². The van der Waals surface area contributed by atoms with E-state index in [1.54, 1.807) is 14.2 Å². The second kappa shape index (κ2) is 11.1. The van der Waals surface area contributed by atoms with Gasteiger partial charge < -0.3 is 15.0 Å². The number of carbonyl (C=O) groups is 1. The van der Waals surface area contributed by atoms with Gasteiger partial charge in [0.1, 0.15) is 0 Å². The van der Waals surface area contributed by atoms with Crippen LogP contribution in [-0.2, 0) is 16.0 Å². The van der Waals surface area contributed by atoms with E-state index in [-0.39, 0.29) is 12.5 Å². The van der Waals surface area contributed by atoms with E-state index in [1.165, 1.54) is 5.56 Å². The van der Waals surface area contributed by atoms with Crippen molar-refractivity contribution in [3.63, 3.8) is 0 Å². The largest absolute Gasteiger partial charge is 0.385 e. The summed E-state index contributed by atoms with van der Waals surface area (Å²) >= 11 is 6.60. The summed E-state index contributed by atoms with van der Waals surface area (Å²) in [5.74, 6) is 0.0325. The highest BCUT2D eigenvalue weighted by Gasteiger charge is 2.20. The van der Waals surface area contributed by atoms with Crippen LogP contribution in [0.2, 0.25) is 5.02 Å². The predicted molar refractivity (Wildman–Crippen MR) is 114 cm³/mol. The summed E-state index contributed by atoms with van der Waals surface area (Å²) in [5, 5.41) is 3.62. The van der Waals surface area contributed by atoms with Gasteiger partial charge in [-0.15, -0.1) is 0 Å². The SMILES string of the molecule is CCc1cccc(-c2c(Cl)cccc2N(CCCCOC)C(=O)CNC)c1. The van der Waals surface area contributed by atoms with Gasteiger partial charge in [0.2, 0.25) is 5.91 Å². The van der Waals surface area contributed by atoms with Crippen LogP contribution < -0.4 is 10.2 Å². The topological polar surface area (TPSA) is 41.6 Å². The molecule has 0 radical (unpaired) electrons. The van der Waals surface area contributed by atoms with Crippen LogP contribution in [0.15, 0.2) is 42.5 Å². The number of ether oxygens (including phenoxy) is 1. The third-order valence-corrected chi connectivity index (χ3v) is 4.83. The first-order chi connectivity index (χ1) is 13.1. The molecule has 4 nitrogen and oxygen atoms in total. The molecule has 0 saturated heterocycles. The maximum absolute atomic E-state index is 12.8. The summed E-state index contributed by atoms with van der Waals surface area (Å²) in [4.78, 5) is 14.7. The quantitative estimate of drug-likeness (QED) is 0.607.